The van der Waals surface area contributed by atoms with Crippen LogP contribution in [-0.4, -0.2) is 32.7 Å². The van der Waals surface area contributed by atoms with Crippen molar-refractivity contribution in [3.05, 3.63) is 77.6 Å². The summed E-state index contributed by atoms with van der Waals surface area (Å²) in [5.41, 5.74) is 4.90. The van der Waals surface area contributed by atoms with Gasteiger partial charge in [-0.15, -0.1) is 0 Å². The molecule has 3 aromatic rings. The van der Waals surface area contributed by atoms with Gasteiger partial charge in [-0.25, -0.2) is 4.98 Å². The third-order valence-electron chi connectivity index (χ3n) is 4.69. The first-order valence-electron chi connectivity index (χ1n) is 8.78. The molecule has 0 saturated heterocycles. The topological polar surface area (TPSA) is 38.1 Å². The van der Waals surface area contributed by atoms with Crippen LogP contribution in [0.25, 0.3) is 5.69 Å². The van der Waals surface area contributed by atoms with E-state index in [1.54, 1.807) is 6.20 Å². The number of fused-ring (bicyclic) bond motifs is 1. The first-order chi connectivity index (χ1) is 12.7. The number of hydrogen-bond acceptors (Lipinski definition) is 3. The van der Waals surface area contributed by atoms with Crippen LogP contribution in [0, 0.1) is 6.92 Å². The third-order valence-corrected chi connectivity index (χ3v) is 5.65. The average Bonchev–Trinajstić information content (AvgIpc) is 3.14. The van der Waals surface area contributed by atoms with Crippen molar-refractivity contribution in [3.63, 3.8) is 0 Å². The zero-order valence-corrected chi connectivity index (χ0v) is 15.6. The number of aromatic nitrogens is 2. The summed E-state index contributed by atoms with van der Waals surface area (Å²) in [7, 11) is 0. The smallest absolute Gasteiger partial charge is 0.233 e. The SMILES string of the molecule is Cc1cccc(-n2ccnc2SCC(=O)N2CCc3ccccc3C2)c1. The molecule has 1 aliphatic heterocycles. The fraction of sp³-hybridized carbons (Fsp3) is 0.238. The summed E-state index contributed by atoms with van der Waals surface area (Å²) in [6, 6.07) is 16.7. The number of thioether (sulfide) groups is 1. The number of rotatable bonds is 4. The Bertz CT molecular complexity index is 934. The number of carbonyl (C=O) groups is 1. The van der Waals surface area contributed by atoms with E-state index in [1.165, 1.54) is 28.5 Å². The van der Waals surface area contributed by atoms with Gasteiger partial charge in [0.05, 0.1) is 5.75 Å². The summed E-state index contributed by atoms with van der Waals surface area (Å²) in [6.45, 7) is 3.58. The van der Waals surface area contributed by atoms with Crippen molar-refractivity contribution in [1.82, 2.24) is 14.5 Å². The van der Waals surface area contributed by atoms with Crippen LogP contribution in [0.3, 0.4) is 0 Å². The normalized spacial score (nSPS) is 13.5. The Balaban J connectivity index is 1.42. The molecule has 1 amide bonds. The molecule has 26 heavy (non-hydrogen) atoms. The lowest BCUT2D eigenvalue weighted by Crippen LogP contribution is -2.37. The molecule has 0 radical (unpaired) electrons. The highest BCUT2D eigenvalue weighted by atomic mass is 32.2. The van der Waals surface area contributed by atoms with Gasteiger partial charge >= 0.3 is 0 Å². The highest BCUT2D eigenvalue weighted by molar-refractivity contribution is 7.99. The maximum Gasteiger partial charge on any atom is 0.233 e. The molecular formula is C21H21N3OS. The number of benzene rings is 2. The van der Waals surface area contributed by atoms with Crippen molar-refractivity contribution in [2.45, 2.75) is 25.0 Å². The monoisotopic (exact) mass is 363 g/mol. The lowest BCUT2D eigenvalue weighted by atomic mass is 10.00. The van der Waals surface area contributed by atoms with Gasteiger partial charge in [0.15, 0.2) is 5.16 Å². The lowest BCUT2D eigenvalue weighted by Gasteiger charge is -2.28. The second-order valence-electron chi connectivity index (χ2n) is 6.54. The van der Waals surface area contributed by atoms with Crippen LogP contribution in [-0.2, 0) is 17.8 Å². The standard InChI is InChI=1S/C21H21N3OS/c1-16-5-4-8-19(13-16)24-12-10-22-21(24)26-15-20(25)23-11-9-17-6-2-3-7-18(17)14-23/h2-8,10,12-13H,9,11,14-15H2,1H3. The first-order valence-corrected chi connectivity index (χ1v) is 9.77. The van der Waals surface area contributed by atoms with E-state index in [0.717, 1.165) is 23.8 Å². The summed E-state index contributed by atoms with van der Waals surface area (Å²) >= 11 is 1.50. The fourth-order valence-corrected chi connectivity index (χ4v) is 4.17. The summed E-state index contributed by atoms with van der Waals surface area (Å²) in [4.78, 5) is 19.1. The van der Waals surface area contributed by atoms with E-state index in [4.69, 9.17) is 0 Å². The van der Waals surface area contributed by atoms with Crippen molar-refractivity contribution in [2.24, 2.45) is 0 Å². The molecule has 0 unspecified atom stereocenters. The number of aryl methyl sites for hydroxylation is 1. The maximum atomic E-state index is 12.7. The number of nitrogens with zero attached hydrogens (tertiary/aromatic N) is 3. The van der Waals surface area contributed by atoms with Gasteiger partial charge in [-0.1, -0.05) is 48.2 Å². The Kier molecular flexibility index (Phi) is 4.80. The zero-order chi connectivity index (χ0) is 17.9. The third kappa shape index (κ3) is 3.53. The van der Waals surface area contributed by atoms with Crippen molar-refractivity contribution >= 4 is 17.7 Å². The minimum Gasteiger partial charge on any atom is -0.337 e. The largest absolute Gasteiger partial charge is 0.337 e. The van der Waals surface area contributed by atoms with Gasteiger partial charge in [-0.3, -0.25) is 9.36 Å². The number of imidazole rings is 1. The van der Waals surface area contributed by atoms with Crippen LogP contribution in [0.2, 0.25) is 0 Å². The summed E-state index contributed by atoms with van der Waals surface area (Å²) in [5, 5.41) is 0.848. The molecule has 0 bridgehead atoms. The van der Waals surface area contributed by atoms with Gasteiger partial charge in [0, 0.05) is 31.2 Å². The Labute approximate surface area is 157 Å². The molecule has 4 rings (SSSR count). The van der Waals surface area contributed by atoms with Crippen molar-refractivity contribution in [1.29, 1.82) is 0 Å². The van der Waals surface area contributed by atoms with Gasteiger partial charge in [-0.05, 0) is 42.2 Å². The minimum absolute atomic E-state index is 0.170. The Morgan fingerprint density at radius 1 is 1.15 bits per heavy atom. The van der Waals surface area contributed by atoms with E-state index in [2.05, 4.69) is 48.3 Å². The predicted octanol–water partition coefficient (Wildman–Crippen LogP) is 3.86. The molecular weight excluding hydrogens is 342 g/mol. The summed E-state index contributed by atoms with van der Waals surface area (Å²) in [5.74, 6) is 0.577. The molecule has 2 heterocycles. The van der Waals surface area contributed by atoms with Crippen LogP contribution in [0.5, 0.6) is 0 Å². The van der Waals surface area contributed by atoms with Crippen molar-refractivity contribution in [2.75, 3.05) is 12.3 Å². The van der Waals surface area contributed by atoms with E-state index in [-0.39, 0.29) is 5.91 Å². The number of carbonyl (C=O) groups excluding carboxylic acids is 1. The second kappa shape index (κ2) is 7.38. The molecule has 0 saturated carbocycles. The van der Waals surface area contributed by atoms with Crippen molar-refractivity contribution in [3.8, 4) is 5.69 Å². The Morgan fingerprint density at radius 2 is 2.00 bits per heavy atom. The van der Waals surface area contributed by atoms with Gasteiger partial charge in [0.1, 0.15) is 0 Å². The molecule has 1 aliphatic rings. The van der Waals surface area contributed by atoms with Crippen LogP contribution >= 0.6 is 11.8 Å². The fourth-order valence-electron chi connectivity index (χ4n) is 3.30. The van der Waals surface area contributed by atoms with Crippen LogP contribution < -0.4 is 0 Å². The molecule has 2 aromatic carbocycles. The van der Waals surface area contributed by atoms with Gasteiger partial charge in [0.25, 0.3) is 0 Å². The maximum absolute atomic E-state index is 12.7. The highest BCUT2D eigenvalue weighted by Crippen LogP contribution is 2.23. The molecule has 5 heteroatoms. The second-order valence-corrected chi connectivity index (χ2v) is 7.48. The first kappa shape index (κ1) is 16.9. The highest BCUT2D eigenvalue weighted by Gasteiger charge is 2.21. The predicted molar refractivity (Wildman–Crippen MR) is 105 cm³/mol. The van der Waals surface area contributed by atoms with E-state index < -0.39 is 0 Å². The van der Waals surface area contributed by atoms with Crippen LogP contribution in [0.1, 0.15) is 16.7 Å². The lowest BCUT2D eigenvalue weighted by molar-refractivity contribution is -0.129. The van der Waals surface area contributed by atoms with Crippen LogP contribution in [0.15, 0.2) is 66.1 Å². The number of amides is 1. The number of hydrogen-bond donors (Lipinski definition) is 0. The average molecular weight is 363 g/mol. The summed E-state index contributed by atoms with van der Waals surface area (Å²) in [6.07, 6.45) is 4.66. The zero-order valence-electron chi connectivity index (χ0n) is 14.8. The van der Waals surface area contributed by atoms with E-state index >= 15 is 0 Å². The van der Waals surface area contributed by atoms with Crippen LogP contribution in [0.4, 0.5) is 0 Å². The van der Waals surface area contributed by atoms with E-state index in [1.807, 2.05) is 27.8 Å². The van der Waals surface area contributed by atoms with Crippen molar-refractivity contribution < 1.29 is 4.79 Å². The molecule has 1 aromatic heterocycles. The molecule has 0 atom stereocenters. The molecule has 0 spiro atoms. The molecule has 4 nitrogen and oxygen atoms in total. The minimum atomic E-state index is 0.170. The van der Waals surface area contributed by atoms with Gasteiger partial charge < -0.3 is 4.90 Å². The quantitative estimate of drug-likeness (QED) is 0.661. The molecule has 0 fully saturated rings. The Morgan fingerprint density at radius 3 is 2.85 bits per heavy atom. The van der Waals surface area contributed by atoms with Gasteiger partial charge in [-0.2, -0.15) is 0 Å². The molecule has 0 aliphatic carbocycles. The van der Waals surface area contributed by atoms with E-state index in [0.29, 0.717) is 12.3 Å². The Hall–Kier alpha value is -2.53. The molecule has 132 valence electrons. The summed E-state index contributed by atoms with van der Waals surface area (Å²) < 4.78 is 2.04. The van der Waals surface area contributed by atoms with E-state index in [9.17, 15) is 4.79 Å². The molecule has 0 N–H and O–H groups in total. The van der Waals surface area contributed by atoms with Gasteiger partial charge in [0.2, 0.25) is 5.91 Å².